The molecule has 0 spiro atoms. The van der Waals surface area contributed by atoms with Crippen LogP contribution in [-0.2, 0) is 16.1 Å². The number of likely N-dealkylation sites (N-methyl/N-ethyl adjacent to an activating group) is 2. The van der Waals surface area contributed by atoms with E-state index >= 15 is 0 Å². The topological polar surface area (TPSA) is 43.9 Å². The standard InChI is InChI=1S/C15H23N3O2/c1-16(2)14(19)11-18(12-15(20)17(3)4)10-13-8-6-5-7-9-13/h5-9H,10-12H2,1-4H3. The number of carbonyl (C=O) groups excluding carboxylic acids is 2. The first kappa shape index (κ1) is 16.2. The molecule has 110 valence electrons. The lowest BCUT2D eigenvalue weighted by Crippen LogP contribution is -2.41. The van der Waals surface area contributed by atoms with Crippen LogP contribution in [0.2, 0.25) is 0 Å². The van der Waals surface area contributed by atoms with E-state index in [4.69, 9.17) is 0 Å². The molecule has 5 heteroatoms. The molecule has 1 aromatic rings. The highest BCUT2D eigenvalue weighted by Gasteiger charge is 2.17. The summed E-state index contributed by atoms with van der Waals surface area (Å²) in [5.41, 5.74) is 1.09. The third-order valence-electron chi connectivity index (χ3n) is 2.96. The Bertz CT molecular complexity index is 422. The molecule has 5 nitrogen and oxygen atoms in total. The van der Waals surface area contributed by atoms with Gasteiger partial charge in [-0.05, 0) is 5.56 Å². The van der Waals surface area contributed by atoms with E-state index in [2.05, 4.69) is 0 Å². The third-order valence-corrected chi connectivity index (χ3v) is 2.96. The lowest BCUT2D eigenvalue weighted by Gasteiger charge is -2.24. The van der Waals surface area contributed by atoms with Gasteiger partial charge in [0.15, 0.2) is 0 Å². The van der Waals surface area contributed by atoms with Crippen molar-refractivity contribution in [3.8, 4) is 0 Å². The summed E-state index contributed by atoms with van der Waals surface area (Å²) in [7, 11) is 6.88. The van der Waals surface area contributed by atoms with Crippen LogP contribution < -0.4 is 0 Å². The molecule has 0 saturated heterocycles. The fourth-order valence-electron chi connectivity index (χ4n) is 1.67. The largest absolute Gasteiger partial charge is 0.348 e. The molecule has 1 rings (SSSR count). The van der Waals surface area contributed by atoms with Gasteiger partial charge < -0.3 is 9.80 Å². The minimum atomic E-state index is -0.00696. The van der Waals surface area contributed by atoms with Gasteiger partial charge in [0.05, 0.1) is 13.1 Å². The van der Waals surface area contributed by atoms with Gasteiger partial charge in [-0.2, -0.15) is 0 Å². The molecule has 1 aromatic carbocycles. The molecule has 2 amide bonds. The normalized spacial score (nSPS) is 10.4. The van der Waals surface area contributed by atoms with Crippen LogP contribution in [0.3, 0.4) is 0 Å². The second-order valence-corrected chi connectivity index (χ2v) is 5.21. The van der Waals surface area contributed by atoms with E-state index in [9.17, 15) is 9.59 Å². The maximum absolute atomic E-state index is 11.9. The average molecular weight is 277 g/mol. The quantitative estimate of drug-likeness (QED) is 0.767. The highest BCUT2D eigenvalue weighted by molar-refractivity contribution is 5.80. The minimum absolute atomic E-state index is 0.00696. The van der Waals surface area contributed by atoms with Crippen molar-refractivity contribution in [2.24, 2.45) is 0 Å². The Labute approximate surface area is 120 Å². The van der Waals surface area contributed by atoms with Crippen molar-refractivity contribution in [3.63, 3.8) is 0 Å². The lowest BCUT2D eigenvalue weighted by molar-refractivity contribution is -0.133. The molecule has 0 radical (unpaired) electrons. The molecule has 0 aliphatic heterocycles. The molecule has 0 aliphatic rings. The Morgan fingerprint density at radius 1 is 0.850 bits per heavy atom. The number of hydrogen-bond donors (Lipinski definition) is 0. The Morgan fingerprint density at radius 2 is 1.30 bits per heavy atom. The van der Waals surface area contributed by atoms with Crippen molar-refractivity contribution in [3.05, 3.63) is 35.9 Å². The summed E-state index contributed by atoms with van der Waals surface area (Å²) in [5.74, 6) is -0.0139. The van der Waals surface area contributed by atoms with Gasteiger partial charge >= 0.3 is 0 Å². The van der Waals surface area contributed by atoms with Gasteiger partial charge in [-0.3, -0.25) is 14.5 Å². The summed E-state index contributed by atoms with van der Waals surface area (Å²) in [4.78, 5) is 28.6. The van der Waals surface area contributed by atoms with Gasteiger partial charge in [0.2, 0.25) is 11.8 Å². The zero-order valence-electron chi connectivity index (χ0n) is 12.7. The Kier molecular flexibility index (Phi) is 6.18. The summed E-state index contributed by atoms with van der Waals surface area (Å²) < 4.78 is 0. The van der Waals surface area contributed by atoms with Crippen LogP contribution >= 0.6 is 0 Å². The lowest BCUT2D eigenvalue weighted by atomic mass is 10.2. The van der Waals surface area contributed by atoms with Crippen molar-refractivity contribution >= 4 is 11.8 Å². The van der Waals surface area contributed by atoms with E-state index < -0.39 is 0 Å². The second-order valence-electron chi connectivity index (χ2n) is 5.21. The Balaban J connectivity index is 2.73. The number of rotatable bonds is 6. The zero-order valence-corrected chi connectivity index (χ0v) is 12.7. The van der Waals surface area contributed by atoms with Crippen LogP contribution in [0.5, 0.6) is 0 Å². The van der Waals surface area contributed by atoms with Crippen molar-refractivity contribution in [2.45, 2.75) is 6.54 Å². The summed E-state index contributed by atoms with van der Waals surface area (Å²) >= 11 is 0. The average Bonchev–Trinajstić information content (AvgIpc) is 2.39. The highest BCUT2D eigenvalue weighted by Crippen LogP contribution is 2.05. The first-order chi connectivity index (χ1) is 9.40. The Hall–Kier alpha value is -1.88. The maximum atomic E-state index is 11.9. The fourth-order valence-corrected chi connectivity index (χ4v) is 1.67. The summed E-state index contributed by atoms with van der Waals surface area (Å²) in [5, 5.41) is 0. The monoisotopic (exact) mass is 277 g/mol. The van der Waals surface area contributed by atoms with Gasteiger partial charge in [0.1, 0.15) is 0 Å². The predicted octanol–water partition coefficient (Wildman–Crippen LogP) is 0.665. The summed E-state index contributed by atoms with van der Waals surface area (Å²) in [6.07, 6.45) is 0. The van der Waals surface area contributed by atoms with Crippen molar-refractivity contribution in [1.82, 2.24) is 14.7 Å². The van der Waals surface area contributed by atoms with Gasteiger partial charge in [-0.15, -0.1) is 0 Å². The van der Waals surface area contributed by atoms with Crippen LogP contribution in [0.25, 0.3) is 0 Å². The van der Waals surface area contributed by atoms with Crippen molar-refractivity contribution in [2.75, 3.05) is 41.3 Å². The first-order valence-electron chi connectivity index (χ1n) is 6.56. The van der Waals surface area contributed by atoms with E-state index in [1.807, 2.05) is 35.2 Å². The SMILES string of the molecule is CN(C)C(=O)CN(CC(=O)N(C)C)Cc1ccccc1. The molecule has 0 N–H and O–H groups in total. The molecule has 0 fully saturated rings. The molecule has 0 atom stereocenters. The van der Waals surface area contributed by atoms with E-state index in [0.717, 1.165) is 5.56 Å². The predicted molar refractivity (Wildman–Crippen MR) is 79.1 cm³/mol. The van der Waals surface area contributed by atoms with Crippen molar-refractivity contribution in [1.29, 1.82) is 0 Å². The van der Waals surface area contributed by atoms with E-state index in [-0.39, 0.29) is 24.9 Å². The summed E-state index contributed by atoms with van der Waals surface area (Å²) in [6.45, 7) is 1.06. The number of hydrogen-bond acceptors (Lipinski definition) is 3. The first-order valence-corrected chi connectivity index (χ1v) is 6.56. The molecule has 0 unspecified atom stereocenters. The van der Waals surface area contributed by atoms with Gasteiger partial charge in [0, 0.05) is 34.7 Å². The molecule has 20 heavy (non-hydrogen) atoms. The van der Waals surface area contributed by atoms with E-state index in [1.54, 1.807) is 28.2 Å². The fraction of sp³-hybridized carbons (Fsp3) is 0.467. The molecular weight excluding hydrogens is 254 g/mol. The number of benzene rings is 1. The highest BCUT2D eigenvalue weighted by atomic mass is 16.2. The number of carbonyl (C=O) groups is 2. The molecule has 0 saturated carbocycles. The summed E-state index contributed by atoms with van der Waals surface area (Å²) in [6, 6.07) is 9.84. The van der Waals surface area contributed by atoms with Gasteiger partial charge in [-0.25, -0.2) is 0 Å². The Morgan fingerprint density at radius 3 is 1.70 bits per heavy atom. The van der Waals surface area contributed by atoms with Crippen LogP contribution in [0, 0.1) is 0 Å². The molecule has 0 aromatic heterocycles. The molecule has 0 heterocycles. The van der Waals surface area contributed by atoms with Crippen LogP contribution in [0.4, 0.5) is 0 Å². The number of nitrogens with zero attached hydrogens (tertiary/aromatic N) is 3. The van der Waals surface area contributed by atoms with Crippen LogP contribution in [-0.4, -0.2) is 67.8 Å². The van der Waals surface area contributed by atoms with Crippen LogP contribution in [0.15, 0.2) is 30.3 Å². The van der Waals surface area contributed by atoms with E-state index in [1.165, 1.54) is 9.80 Å². The third kappa shape index (κ3) is 5.40. The molecule has 0 aliphatic carbocycles. The van der Waals surface area contributed by atoms with Gasteiger partial charge in [-0.1, -0.05) is 30.3 Å². The van der Waals surface area contributed by atoms with E-state index in [0.29, 0.717) is 6.54 Å². The van der Waals surface area contributed by atoms with Crippen LogP contribution in [0.1, 0.15) is 5.56 Å². The second kappa shape index (κ2) is 7.65. The smallest absolute Gasteiger partial charge is 0.236 e. The van der Waals surface area contributed by atoms with Crippen molar-refractivity contribution < 1.29 is 9.59 Å². The molecule has 0 bridgehead atoms. The maximum Gasteiger partial charge on any atom is 0.236 e. The number of amides is 2. The van der Waals surface area contributed by atoms with Gasteiger partial charge in [0.25, 0.3) is 0 Å². The molecular formula is C15H23N3O2. The zero-order chi connectivity index (χ0) is 15.1. The minimum Gasteiger partial charge on any atom is -0.348 e.